The number of hydrogen-bond acceptors (Lipinski definition) is 4. The highest BCUT2D eigenvalue weighted by Crippen LogP contribution is 2.25. The van der Waals surface area contributed by atoms with Crippen molar-refractivity contribution >= 4 is 23.3 Å². The summed E-state index contributed by atoms with van der Waals surface area (Å²) in [5.74, 6) is -1.60. The second-order valence-electron chi connectivity index (χ2n) is 4.60. The number of para-hydroxylation sites is 1. The SMILES string of the molecule is CCOC(=O)CN1C(=O)C(=O)CCCc2ccccc21. The Labute approximate surface area is 117 Å². The Kier molecular flexibility index (Phi) is 4.50. The second kappa shape index (κ2) is 6.32. The van der Waals surface area contributed by atoms with Crippen LogP contribution >= 0.6 is 0 Å². The van der Waals surface area contributed by atoms with Crippen LogP contribution in [0.5, 0.6) is 0 Å². The Morgan fingerprint density at radius 1 is 1.25 bits per heavy atom. The summed E-state index contributed by atoms with van der Waals surface area (Å²) in [5.41, 5.74) is 1.59. The number of benzene rings is 1. The lowest BCUT2D eigenvalue weighted by Gasteiger charge is -2.25. The van der Waals surface area contributed by atoms with E-state index in [1.54, 1.807) is 19.1 Å². The molecule has 0 bridgehead atoms. The maximum atomic E-state index is 12.2. The van der Waals surface area contributed by atoms with E-state index in [0.717, 1.165) is 5.56 Å². The molecule has 106 valence electrons. The van der Waals surface area contributed by atoms with Gasteiger partial charge < -0.3 is 4.74 Å². The Morgan fingerprint density at radius 3 is 2.75 bits per heavy atom. The van der Waals surface area contributed by atoms with Crippen LogP contribution in [0.4, 0.5) is 5.69 Å². The van der Waals surface area contributed by atoms with E-state index in [1.165, 1.54) is 4.90 Å². The van der Waals surface area contributed by atoms with Gasteiger partial charge in [-0.15, -0.1) is 0 Å². The van der Waals surface area contributed by atoms with Gasteiger partial charge in [0.2, 0.25) is 5.78 Å². The number of aryl methyl sites for hydroxylation is 1. The van der Waals surface area contributed by atoms with Gasteiger partial charge in [-0.05, 0) is 31.4 Å². The zero-order valence-corrected chi connectivity index (χ0v) is 11.4. The lowest BCUT2D eigenvalue weighted by molar-refractivity contribution is -0.143. The largest absolute Gasteiger partial charge is 0.465 e. The van der Waals surface area contributed by atoms with Gasteiger partial charge in [-0.1, -0.05) is 18.2 Å². The number of amides is 1. The fourth-order valence-corrected chi connectivity index (χ4v) is 2.28. The predicted molar refractivity (Wildman–Crippen MR) is 73.4 cm³/mol. The highest BCUT2D eigenvalue weighted by Gasteiger charge is 2.28. The van der Waals surface area contributed by atoms with Gasteiger partial charge in [0.15, 0.2) is 0 Å². The molecule has 1 aliphatic rings. The normalized spacial score (nSPS) is 15.3. The van der Waals surface area contributed by atoms with Gasteiger partial charge in [-0.3, -0.25) is 19.3 Å². The lowest BCUT2D eigenvalue weighted by atomic mass is 10.0. The molecule has 5 nitrogen and oxygen atoms in total. The van der Waals surface area contributed by atoms with Crippen molar-refractivity contribution in [3.8, 4) is 0 Å². The van der Waals surface area contributed by atoms with Gasteiger partial charge in [0, 0.05) is 12.1 Å². The van der Waals surface area contributed by atoms with Crippen LogP contribution in [0.1, 0.15) is 25.3 Å². The molecule has 0 N–H and O–H groups in total. The van der Waals surface area contributed by atoms with E-state index < -0.39 is 17.7 Å². The molecule has 1 amide bonds. The van der Waals surface area contributed by atoms with E-state index in [1.807, 2.05) is 12.1 Å². The van der Waals surface area contributed by atoms with Crippen LogP contribution < -0.4 is 4.90 Å². The van der Waals surface area contributed by atoms with Crippen molar-refractivity contribution in [1.29, 1.82) is 0 Å². The molecule has 0 spiro atoms. The van der Waals surface area contributed by atoms with Gasteiger partial charge in [0.05, 0.1) is 6.61 Å². The van der Waals surface area contributed by atoms with E-state index in [0.29, 0.717) is 18.5 Å². The topological polar surface area (TPSA) is 63.7 Å². The zero-order valence-electron chi connectivity index (χ0n) is 11.4. The minimum Gasteiger partial charge on any atom is -0.465 e. The van der Waals surface area contributed by atoms with E-state index >= 15 is 0 Å². The molecule has 1 aliphatic heterocycles. The number of ketones is 1. The minimum atomic E-state index is -0.634. The number of esters is 1. The molecule has 1 heterocycles. The van der Waals surface area contributed by atoms with Crippen LogP contribution in [0, 0.1) is 0 Å². The van der Waals surface area contributed by atoms with Gasteiger partial charge in [-0.2, -0.15) is 0 Å². The number of rotatable bonds is 3. The fourth-order valence-electron chi connectivity index (χ4n) is 2.28. The van der Waals surface area contributed by atoms with Crippen LogP contribution in [-0.4, -0.2) is 30.8 Å². The molecule has 20 heavy (non-hydrogen) atoms. The van der Waals surface area contributed by atoms with E-state index in [-0.39, 0.29) is 19.6 Å². The molecule has 0 aliphatic carbocycles. The van der Waals surface area contributed by atoms with Crippen LogP contribution in [0.25, 0.3) is 0 Å². The summed E-state index contributed by atoms with van der Waals surface area (Å²) in [7, 11) is 0. The Hall–Kier alpha value is -2.17. The molecule has 5 heteroatoms. The number of carbonyl (C=O) groups excluding carboxylic acids is 3. The maximum absolute atomic E-state index is 12.2. The summed E-state index contributed by atoms with van der Waals surface area (Å²) < 4.78 is 4.87. The van der Waals surface area contributed by atoms with Gasteiger partial charge in [0.1, 0.15) is 6.54 Å². The number of anilines is 1. The van der Waals surface area contributed by atoms with Crippen molar-refractivity contribution in [2.45, 2.75) is 26.2 Å². The Balaban J connectivity index is 2.35. The third kappa shape index (κ3) is 3.04. The molecule has 1 aromatic carbocycles. The molecule has 1 aromatic rings. The number of hydrogen-bond donors (Lipinski definition) is 0. The smallest absolute Gasteiger partial charge is 0.326 e. The molecule has 0 saturated heterocycles. The number of fused-ring (bicyclic) bond motifs is 1. The second-order valence-corrected chi connectivity index (χ2v) is 4.60. The zero-order chi connectivity index (χ0) is 14.5. The monoisotopic (exact) mass is 275 g/mol. The third-order valence-corrected chi connectivity index (χ3v) is 3.21. The lowest BCUT2D eigenvalue weighted by Crippen LogP contribution is -2.42. The first-order valence-electron chi connectivity index (χ1n) is 6.71. The first-order valence-corrected chi connectivity index (χ1v) is 6.71. The van der Waals surface area contributed by atoms with Crippen molar-refractivity contribution < 1.29 is 19.1 Å². The van der Waals surface area contributed by atoms with E-state index in [2.05, 4.69) is 0 Å². The van der Waals surface area contributed by atoms with Crippen LogP contribution in [-0.2, 0) is 25.5 Å². The molecular formula is C15H17NO4. The van der Waals surface area contributed by atoms with E-state index in [9.17, 15) is 14.4 Å². The third-order valence-electron chi connectivity index (χ3n) is 3.21. The quantitative estimate of drug-likeness (QED) is 0.619. The summed E-state index contributed by atoms with van der Waals surface area (Å²) >= 11 is 0. The van der Waals surface area contributed by atoms with Crippen LogP contribution in [0.15, 0.2) is 24.3 Å². The number of ether oxygens (including phenoxy) is 1. The Bertz CT molecular complexity index is 538. The summed E-state index contributed by atoms with van der Waals surface area (Å²) in [4.78, 5) is 36.8. The molecule has 0 unspecified atom stereocenters. The van der Waals surface area contributed by atoms with Crippen molar-refractivity contribution in [3.63, 3.8) is 0 Å². The summed E-state index contributed by atoms with van der Waals surface area (Å²) in [6.07, 6.45) is 1.58. The minimum absolute atomic E-state index is 0.215. The molecular weight excluding hydrogens is 258 g/mol. The van der Waals surface area contributed by atoms with Crippen LogP contribution in [0.3, 0.4) is 0 Å². The molecule has 0 atom stereocenters. The standard InChI is InChI=1S/C15H17NO4/c1-2-20-14(18)10-16-12-8-4-3-6-11(12)7-5-9-13(17)15(16)19/h3-4,6,8H,2,5,7,9-10H2,1H3. The highest BCUT2D eigenvalue weighted by molar-refractivity contribution is 6.41. The average Bonchev–Trinajstić information content (AvgIpc) is 2.44. The molecule has 0 fully saturated rings. The predicted octanol–water partition coefficient (Wildman–Crippen LogP) is 1.49. The summed E-state index contributed by atoms with van der Waals surface area (Å²) in [6, 6.07) is 7.34. The summed E-state index contributed by atoms with van der Waals surface area (Å²) in [5, 5.41) is 0. The number of Topliss-reactive ketones (excluding diaryl/α,β-unsaturated/α-hetero) is 1. The van der Waals surface area contributed by atoms with Gasteiger partial charge in [-0.25, -0.2) is 0 Å². The van der Waals surface area contributed by atoms with Gasteiger partial charge in [0.25, 0.3) is 5.91 Å². The molecule has 0 radical (unpaired) electrons. The number of carbonyl (C=O) groups is 3. The first kappa shape index (κ1) is 14.2. The van der Waals surface area contributed by atoms with Crippen molar-refractivity contribution in [2.24, 2.45) is 0 Å². The molecule has 0 saturated carbocycles. The highest BCUT2D eigenvalue weighted by atomic mass is 16.5. The van der Waals surface area contributed by atoms with E-state index in [4.69, 9.17) is 4.74 Å². The van der Waals surface area contributed by atoms with Crippen molar-refractivity contribution in [3.05, 3.63) is 29.8 Å². The summed E-state index contributed by atoms with van der Waals surface area (Å²) in [6.45, 7) is 1.72. The molecule has 2 rings (SSSR count). The van der Waals surface area contributed by atoms with Crippen molar-refractivity contribution in [1.82, 2.24) is 0 Å². The van der Waals surface area contributed by atoms with Gasteiger partial charge >= 0.3 is 5.97 Å². The Morgan fingerprint density at radius 2 is 2.00 bits per heavy atom. The fraction of sp³-hybridized carbons (Fsp3) is 0.400. The number of nitrogens with zero attached hydrogens (tertiary/aromatic N) is 1. The first-order chi connectivity index (χ1) is 9.63. The molecule has 0 aromatic heterocycles. The van der Waals surface area contributed by atoms with Crippen LogP contribution in [0.2, 0.25) is 0 Å². The average molecular weight is 275 g/mol. The maximum Gasteiger partial charge on any atom is 0.326 e. The van der Waals surface area contributed by atoms with Crippen molar-refractivity contribution in [2.75, 3.05) is 18.1 Å².